The van der Waals surface area contributed by atoms with Crippen molar-refractivity contribution in [3.63, 3.8) is 0 Å². The smallest absolute Gasteiger partial charge is 0.236 e. The Labute approximate surface area is 85.9 Å². The average molecular weight is 250 g/mol. The molecule has 1 rings (SSSR count). The van der Waals surface area contributed by atoms with E-state index in [2.05, 4.69) is 15.9 Å². The lowest BCUT2D eigenvalue weighted by atomic mass is 10.2. The van der Waals surface area contributed by atoms with E-state index in [0.29, 0.717) is 13.0 Å². The Kier molecular flexibility index (Phi) is 3.90. The Morgan fingerprint density at radius 2 is 2.54 bits per heavy atom. The fourth-order valence-electron chi connectivity index (χ4n) is 1.26. The molecule has 0 saturated carbocycles. The quantitative estimate of drug-likeness (QED) is 0.688. The van der Waals surface area contributed by atoms with Crippen molar-refractivity contribution in [3.8, 4) is 0 Å². The molecule has 2 nitrogen and oxygen atoms in total. The van der Waals surface area contributed by atoms with Crippen LogP contribution in [0.25, 0.3) is 0 Å². The van der Waals surface area contributed by atoms with Gasteiger partial charge in [-0.3, -0.25) is 4.79 Å². The van der Waals surface area contributed by atoms with Crippen LogP contribution in [-0.2, 0) is 4.79 Å². The summed E-state index contributed by atoms with van der Waals surface area (Å²) in [7, 11) is 0. The number of carbonyl (C=O) groups is 1. The molecule has 1 amide bonds. The molecule has 13 heavy (non-hydrogen) atoms. The number of alkyl halides is 1. The number of amides is 1. The third kappa shape index (κ3) is 2.79. The molecule has 0 spiro atoms. The maximum absolute atomic E-state index is 12.8. The molecule has 1 aliphatic heterocycles. The van der Waals surface area contributed by atoms with Gasteiger partial charge in [-0.2, -0.15) is 0 Å². The summed E-state index contributed by atoms with van der Waals surface area (Å²) < 4.78 is 12.8. The fourth-order valence-corrected chi connectivity index (χ4v) is 1.55. The van der Waals surface area contributed by atoms with Gasteiger partial charge in [0, 0.05) is 6.54 Å². The third-order valence-corrected chi connectivity index (χ3v) is 3.08. The van der Waals surface area contributed by atoms with Crippen molar-refractivity contribution < 1.29 is 9.18 Å². The average Bonchev–Trinajstić information content (AvgIpc) is 2.15. The van der Waals surface area contributed by atoms with Gasteiger partial charge in [-0.25, -0.2) is 4.39 Å². The van der Waals surface area contributed by atoms with E-state index in [0.717, 1.165) is 6.42 Å². The lowest BCUT2D eigenvalue weighted by Crippen LogP contribution is -2.39. The molecule has 0 aromatic carbocycles. The number of hydrogen-bond acceptors (Lipinski definition) is 1. The first-order valence-electron chi connectivity index (χ1n) is 4.42. The van der Waals surface area contributed by atoms with E-state index in [9.17, 15) is 9.18 Å². The Bertz CT molecular complexity index is 230. The number of hydrogen-bond donors (Lipinski definition) is 0. The predicted octanol–water partition coefficient (Wildman–Crippen LogP) is 2.25. The van der Waals surface area contributed by atoms with Crippen molar-refractivity contribution >= 4 is 21.8 Å². The summed E-state index contributed by atoms with van der Waals surface area (Å²) in [6.45, 7) is 2.70. The van der Waals surface area contributed by atoms with E-state index in [4.69, 9.17) is 0 Å². The topological polar surface area (TPSA) is 20.3 Å². The number of rotatable bonds is 2. The van der Waals surface area contributed by atoms with Gasteiger partial charge in [0.15, 0.2) is 0 Å². The van der Waals surface area contributed by atoms with Crippen LogP contribution >= 0.6 is 15.9 Å². The summed E-state index contributed by atoms with van der Waals surface area (Å²) in [5.74, 6) is -0.207. The van der Waals surface area contributed by atoms with Gasteiger partial charge in [0.05, 0.1) is 11.4 Å². The molecule has 0 aromatic heterocycles. The van der Waals surface area contributed by atoms with Gasteiger partial charge in [0.25, 0.3) is 0 Å². The van der Waals surface area contributed by atoms with Gasteiger partial charge in [0.1, 0.15) is 5.83 Å². The normalized spacial score (nSPS) is 19.6. The monoisotopic (exact) mass is 249 g/mol. The van der Waals surface area contributed by atoms with Crippen LogP contribution in [0.15, 0.2) is 11.9 Å². The van der Waals surface area contributed by atoms with Crippen molar-refractivity contribution in [2.24, 2.45) is 0 Å². The summed E-state index contributed by atoms with van der Waals surface area (Å²) in [5.41, 5.74) is 0. The molecular weight excluding hydrogens is 237 g/mol. The van der Waals surface area contributed by atoms with Crippen molar-refractivity contribution in [2.75, 3.05) is 13.1 Å². The van der Waals surface area contributed by atoms with Crippen LogP contribution in [0, 0.1) is 0 Å². The van der Waals surface area contributed by atoms with Crippen LogP contribution in [0.1, 0.15) is 19.8 Å². The first-order chi connectivity index (χ1) is 6.15. The highest BCUT2D eigenvalue weighted by Gasteiger charge is 2.22. The second kappa shape index (κ2) is 4.74. The van der Waals surface area contributed by atoms with Crippen LogP contribution in [-0.4, -0.2) is 28.7 Å². The summed E-state index contributed by atoms with van der Waals surface area (Å²) in [5, 5.41) is 0. The zero-order chi connectivity index (χ0) is 9.84. The Morgan fingerprint density at radius 3 is 3.08 bits per heavy atom. The molecule has 1 unspecified atom stereocenters. The Hall–Kier alpha value is -0.380. The highest BCUT2D eigenvalue weighted by Crippen LogP contribution is 2.15. The minimum Gasteiger partial charge on any atom is -0.335 e. The van der Waals surface area contributed by atoms with E-state index in [-0.39, 0.29) is 23.1 Å². The second-order valence-corrected chi connectivity index (χ2v) is 4.18. The van der Waals surface area contributed by atoms with Crippen molar-refractivity contribution in [1.82, 2.24) is 4.90 Å². The number of carbonyl (C=O) groups excluding carboxylic acids is 1. The predicted molar refractivity (Wildman–Crippen MR) is 53.4 cm³/mol. The van der Waals surface area contributed by atoms with Crippen LogP contribution in [0.3, 0.4) is 0 Å². The van der Waals surface area contributed by atoms with E-state index in [1.165, 1.54) is 0 Å². The van der Waals surface area contributed by atoms with Gasteiger partial charge in [-0.15, -0.1) is 0 Å². The van der Waals surface area contributed by atoms with Gasteiger partial charge < -0.3 is 4.90 Å². The molecule has 0 fully saturated rings. The lowest BCUT2D eigenvalue weighted by molar-refractivity contribution is -0.130. The third-order valence-electron chi connectivity index (χ3n) is 2.04. The van der Waals surface area contributed by atoms with E-state index >= 15 is 0 Å². The number of nitrogens with zero attached hydrogens (tertiary/aromatic N) is 1. The van der Waals surface area contributed by atoms with E-state index < -0.39 is 0 Å². The van der Waals surface area contributed by atoms with Crippen molar-refractivity contribution in [2.45, 2.75) is 24.6 Å². The minimum absolute atomic E-state index is 0.00856. The fraction of sp³-hybridized carbons (Fsp3) is 0.667. The lowest BCUT2D eigenvalue weighted by Gasteiger charge is -2.26. The molecule has 0 aromatic rings. The maximum atomic E-state index is 12.8. The first-order valence-corrected chi connectivity index (χ1v) is 5.34. The molecule has 0 bridgehead atoms. The van der Waals surface area contributed by atoms with Crippen LogP contribution in [0.4, 0.5) is 4.39 Å². The van der Waals surface area contributed by atoms with E-state index in [1.54, 1.807) is 11.0 Å². The van der Waals surface area contributed by atoms with Crippen LogP contribution in [0.5, 0.6) is 0 Å². The maximum Gasteiger partial charge on any atom is 0.236 e. The summed E-state index contributed by atoms with van der Waals surface area (Å²) in [6, 6.07) is 0. The van der Waals surface area contributed by atoms with Gasteiger partial charge in [-0.1, -0.05) is 22.9 Å². The largest absolute Gasteiger partial charge is 0.335 e. The molecule has 1 heterocycles. The summed E-state index contributed by atoms with van der Waals surface area (Å²) >= 11 is 3.26. The number of halogens is 2. The standard InChI is InChI=1S/C9H13BrFNO/c1-2-8(10)9(13)12-5-3-4-7(11)6-12/h4,8H,2-3,5-6H2,1H3. The van der Waals surface area contributed by atoms with Gasteiger partial charge >= 0.3 is 0 Å². The molecule has 0 N–H and O–H groups in total. The first kappa shape index (κ1) is 10.7. The molecule has 1 atom stereocenters. The van der Waals surface area contributed by atoms with Gasteiger partial charge in [-0.05, 0) is 18.9 Å². The summed E-state index contributed by atoms with van der Waals surface area (Å²) in [4.78, 5) is 12.9. The SMILES string of the molecule is CCC(Br)C(=O)N1CCC=C(F)C1. The second-order valence-electron chi connectivity index (χ2n) is 3.08. The van der Waals surface area contributed by atoms with Crippen molar-refractivity contribution in [3.05, 3.63) is 11.9 Å². The molecule has 0 aliphatic carbocycles. The van der Waals surface area contributed by atoms with Gasteiger partial charge in [0.2, 0.25) is 5.91 Å². The Balaban J connectivity index is 2.53. The molecular formula is C9H13BrFNO. The Morgan fingerprint density at radius 1 is 1.85 bits per heavy atom. The zero-order valence-electron chi connectivity index (χ0n) is 7.59. The van der Waals surface area contributed by atoms with Crippen LogP contribution in [0.2, 0.25) is 0 Å². The minimum atomic E-state index is -0.199. The molecule has 74 valence electrons. The molecule has 0 saturated heterocycles. The van der Waals surface area contributed by atoms with E-state index in [1.807, 2.05) is 6.92 Å². The summed E-state index contributed by atoms with van der Waals surface area (Å²) in [6.07, 6.45) is 2.90. The zero-order valence-corrected chi connectivity index (χ0v) is 9.18. The molecule has 0 radical (unpaired) electrons. The molecule has 4 heteroatoms. The highest BCUT2D eigenvalue weighted by atomic mass is 79.9. The molecule has 1 aliphatic rings. The van der Waals surface area contributed by atoms with Crippen molar-refractivity contribution in [1.29, 1.82) is 0 Å². The van der Waals surface area contributed by atoms with Crippen LogP contribution < -0.4 is 0 Å². The highest BCUT2D eigenvalue weighted by molar-refractivity contribution is 9.10.